The van der Waals surface area contributed by atoms with Gasteiger partial charge in [0.15, 0.2) is 0 Å². The van der Waals surface area contributed by atoms with E-state index in [0.29, 0.717) is 6.54 Å². The number of nitrogens with zero attached hydrogens (tertiary/aromatic N) is 1. The van der Waals surface area contributed by atoms with Crippen molar-refractivity contribution in [2.45, 2.75) is 39.2 Å². The lowest BCUT2D eigenvalue weighted by atomic mass is 9.89. The fourth-order valence-corrected chi connectivity index (χ4v) is 2.05. The SMILES string of the molecule is CC(C)(C)OC(=O)NCC1CCNCCC1C#N. The Morgan fingerprint density at radius 1 is 1.44 bits per heavy atom. The normalized spacial score (nSPS) is 24.8. The number of nitrogens with one attached hydrogen (secondary N) is 2. The molecule has 0 aliphatic carbocycles. The van der Waals surface area contributed by atoms with Crippen molar-refractivity contribution in [1.82, 2.24) is 10.6 Å². The summed E-state index contributed by atoms with van der Waals surface area (Å²) in [7, 11) is 0. The number of carbonyl (C=O) groups is 1. The molecule has 2 unspecified atom stereocenters. The van der Waals surface area contributed by atoms with Crippen LogP contribution in [0, 0.1) is 23.2 Å². The molecule has 0 aromatic carbocycles. The number of rotatable bonds is 2. The van der Waals surface area contributed by atoms with Gasteiger partial charge >= 0.3 is 6.09 Å². The zero-order valence-electron chi connectivity index (χ0n) is 11.5. The molecule has 0 radical (unpaired) electrons. The molecule has 102 valence electrons. The molecular weight excluding hydrogens is 230 g/mol. The van der Waals surface area contributed by atoms with Crippen molar-refractivity contribution in [3.8, 4) is 6.07 Å². The summed E-state index contributed by atoms with van der Waals surface area (Å²) < 4.78 is 5.18. The molecule has 0 saturated carbocycles. The smallest absolute Gasteiger partial charge is 0.407 e. The van der Waals surface area contributed by atoms with Crippen LogP contribution in [0.5, 0.6) is 0 Å². The summed E-state index contributed by atoms with van der Waals surface area (Å²) in [6, 6.07) is 2.33. The summed E-state index contributed by atoms with van der Waals surface area (Å²) in [5.41, 5.74) is -0.482. The van der Waals surface area contributed by atoms with Crippen LogP contribution in [-0.2, 0) is 4.74 Å². The highest BCUT2D eigenvalue weighted by atomic mass is 16.6. The Kier molecular flexibility index (Phi) is 5.42. The lowest BCUT2D eigenvalue weighted by molar-refractivity contribution is 0.0515. The van der Waals surface area contributed by atoms with Crippen LogP contribution < -0.4 is 10.6 Å². The van der Waals surface area contributed by atoms with Gasteiger partial charge in [0.25, 0.3) is 0 Å². The molecule has 0 aromatic rings. The maximum atomic E-state index is 11.6. The second-order valence-electron chi connectivity index (χ2n) is 5.71. The molecule has 1 amide bonds. The van der Waals surface area contributed by atoms with E-state index in [2.05, 4.69) is 16.7 Å². The van der Waals surface area contributed by atoms with Gasteiger partial charge in [-0.1, -0.05) is 0 Å². The Balaban J connectivity index is 2.41. The lowest BCUT2D eigenvalue weighted by Crippen LogP contribution is -2.37. The fraction of sp³-hybridized carbons (Fsp3) is 0.846. The van der Waals surface area contributed by atoms with Crippen LogP contribution in [0.4, 0.5) is 4.79 Å². The van der Waals surface area contributed by atoms with E-state index < -0.39 is 11.7 Å². The quantitative estimate of drug-likeness (QED) is 0.784. The molecule has 0 bridgehead atoms. The lowest BCUT2D eigenvalue weighted by Gasteiger charge is -2.22. The Labute approximate surface area is 109 Å². The van der Waals surface area contributed by atoms with Gasteiger partial charge in [-0.25, -0.2) is 4.79 Å². The highest BCUT2D eigenvalue weighted by molar-refractivity contribution is 5.67. The molecule has 2 atom stereocenters. The Morgan fingerprint density at radius 2 is 2.11 bits per heavy atom. The van der Waals surface area contributed by atoms with Crippen LogP contribution in [0.1, 0.15) is 33.6 Å². The minimum absolute atomic E-state index is 0.00920. The van der Waals surface area contributed by atoms with E-state index in [1.54, 1.807) is 0 Å². The third-order valence-electron chi connectivity index (χ3n) is 2.97. The number of hydrogen-bond acceptors (Lipinski definition) is 4. The molecule has 0 aromatic heterocycles. The van der Waals surface area contributed by atoms with Gasteiger partial charge in [-0.3, -0.25) is 0 Å². The van der Waals surface area contributed by atoms with Gasteiger partial charge in [0.1, 0.15) is 5.60 Å². The maximum absolute atomic E-state index is 11.6. The first-order valence-corrected chi connectivity index (χ1v) is 6.49. The first-order valence-electron chi connectivity index (χ1n) is 6.49. The molecule has 5 nitrogen and oxygen atoms in total. The van der Waals surface area contributed by atoms with Crippen molar-refractivity contribution in [3.05, 3.63) is 0 Å². The van der Waals surface area contributed by atoms with E-state index in [9.17, 15) is 4.79 Å². The van der Waals surface area contributed by atoms with Crippen molar-refractivity contribution < 1.29 is 9.53 Å². The summed E-state index contributed by atoms with van der Waals surface area (Å²) >= 11 is 0. The Morgan fingerprint density at radius 3 is 2.72 bits per heavy atom. The molecule has 18 heavy (non-hydrogen) atoms. The average molecular weight is 253 g/mol. The van der Waals surface area contributed by atoms with E-state index in [0.717, 1.165) is 25.9 Å². The topological polar surface area (TPSA) is 74.2 Å². The third-order valence-corrected chi connectivity index (χ3v) is 2.97. The van der Waals surface area contributed by atoms with Crippen molar-refractivity contribution in [3.63, 3.8) is 0 Å². The van der Waals surface area contributed by atoms with Gasteiger partial charge in [0.2, 0.25) is 0 Å². The van der Waals surface area contributed by atoms with Crippen molar-refractivity contribution in [2.75, 3.05) is 19.6 Å². The van der Waals surface area contributed by atoms with Crippen LogP contribution in [0.25, 0.3) is 0 Å². The van der Waals surface area contributed by atoms with Crippen molar-refractivity contribution in [2.24, 2.45) is 11.8 Å². The molecule has 1 heterocycles. The standard InChI is InChI=1S/C13H23N3O2/c1-13(2,3)18-12(17)16-9-11-5-7-15-6-4-10(11)8-14/h10-11,15H,4-7,9H2,1-3H3,(H,16,17). The summed E-state index contributed by atoms with van der Waals surface area (Å²) in [6.45, 7) is 7.79. The van der Waals surface area contributed by atoms with Crippen molar-refractivity contribution in [1.29, 1.82) is 5.26 Å². The highest BCUT2D eigenvalue weighted by Crippen LogP contribution is 2.20. The number of nitriles is 1. The van der Waals surface area contributed by atoms with E-state index in [4.69, 9.17) is 10.00 Å². The molecule has 1 aliphatic rings. The number of hydrogen-bond donors (Lipinski definition) is 2. The first-order chi connectivity index (χ1) is 8.42. The Bertz CT molecular complexity index is 317. The predicted octanol–water partition coefficient (Wildman–Crippen LogP) is 1.65. The van der Waals surface area contributed by atoms with E-state index in [1.807, 2.05) is 20.8 Å². The molecule has 1 aliphatic heterocycles. The molecule has 0 spiro atoms. The number of alkyl carbamates (subject to hydrolysis) is 1. The minimum atomic E-state index is -0.482. The summed E-state index contributed by atoms with van der Waals surface area (Å²) in [5, 5.41) is 15.1. The van der Waals surface area contributed by atoms with Gasteiger partial charge in [-0.05, 0) is 52.6 Å². The van der Waals surface area contributed by atoms with Crippen LogP contribution in [0.3, 0.4) is 0 Å². The van der Waals surface area contributed by atoms with Crippen LogP contribution >= 0.6 is 0 Å². The molecule has 2 N–H and O–H groups in total. The summed E-state index contributed by atoms with van der Waals surface area (Å²) in [6.07, 6.45) is 1.35. The Hall–Kier alpha value is -1.28. The molecule has 1 fully saturated rings. The predicted molar refractivity (Wildman–Crippen MR) is 68.9 cm³/mol. The van der Waals surface area contributed by atoms with E-state index >= 15 is 0 Å². The zero-order chi connectivity index (χ0) is 13.6. The minimum Gasteiger partial charge on any atom is -0.444 e. The number of ether oxygens (including phenoxy) is 1. The van der Waals surface area contributed by atoms with Crippen molar-refractivity contribution >= 4 is 6.09 Å². The van der Waals surface area contributed by atoms with Gasteiger partial charge in [0, 0.05) is 6.54 Å². The number of amides is 1. The van der Waals surface area contributed by atoms with Crippen LogP contribution in [0.15, 0.2) is 0 Å². The monoisotopic (exact) mass is 253 g/mol. The van der Waals surface area contributed by atoms with Gasteiger partial charge in [-0.15, -0.1) is 0 Å². The second-order valence-corrected chi connectivity index (χ2v) is 5.71. The molecule has 1 rings (SSSR count). The average Bonchev–Trinajstić information content (AvgIpc) is 2.48. The summed E-state index contributed by atoms with van der Waals surface area (Å²) in [5.74, 6) is 0.215. The van der Waals surface area contributed by atoms with E-state index in [-0.39, 0.29) is 11.8 Å². The third kappa shape index (κ3) is 5.37. The first kappa shape index (κ1) is 14.8. The molecule has 5 heteroatoms. The fourth-order valence-electron chi connectivity index (χ4n) is 2.05. The number of carbonyl (C=O) groups excluding carboxylic acids is 1. The second kappa shape index (κ2) is 6.60. The van der Waals surface area contributed by atoms with Gasteiger partial charge < -0.3 is 15.4 Å². The van der Waals surface area contributed by atoms with Gasteiger partial charge in [0.05, 0.1) is 12.0 Å². The molecular formula is C13H23N3O2. The maximum Gasteiger partial charge on any atom is 0.407 e. The van der Waals surface area contributed by atoms with Crippen LogP contribution in [-0.4, -0.2) is 31.3 Å². The zero-order valence-corrected chi connectivity index (χ0v) is 11.5. The van der Waals surface area contributed by atoms with Crippen LogP contribution in [0.2, 0.25) is 0 Å². The summed E-state index contributed by atoms with van der Waals surface area (Å²) in [4.78, 5) is 11.6. The van der Waals surface area contributed by atoms with Gasteiger partial charge in [-0.2, -0.15) is 5.26 Å². The van der Waals surface area contributed by atoms with E-state index in [1.165, 1.54) is 0 Å². The highest BCUT2D eigenvalue weighted by Gasteiger charge is 2.24. The molecule has 1 saturated heterocycles. The largest absolute Gasteiger partial charge is 0.444 e.